The van der Waals surface area contributed by atoms with Gasteiger partial charge in [-0.2, -0.15) is 0 Å². The lowest BCUT2D eigenvalue weighted by molar-refractivity contribution is 0.201. The van der Waals surface area contributed by atoms with E-state index in [9.17, 15) is 17.9 Å². The third-order valence-corrected chi connectivity index (χ3v) is 4.76. The van der Waals surface area contributed by atoms with Crippen LogP contribution in [0.4, 0.5) is 4.39 Å². The average molecular weight is 294 g/mol. The Balaban J connectivity index is 2.19. The number of rotatable bonds is 4. The summed E-state index contributed by atoms with van der Waals surface area (Å²) in [6.07, 6.45) is -1.11. The van der Waals surface area contributed by atoms with E-state index in [1.165, 1.54) is 12.1 Å². The number of benzene rings is 2. The molecule has 0 aromatic heterocycles. The first kappa shape index (κ1) is 14.7. The Morgan fingerprint density at radius 2 is 1.60 bits per heavy atom. The molecule has 0 amide bonds. The Morgan fingerprint density at radius 1 is 1.05 bits per heavy atom. The first-order valence-corrected chi connectivity index (χ1v) is 7.77. The molecule has 0 saturated heterocycles. The van der Waals surface area contributed by atoms with Gasteiger partial charge in [0, 0.05) is 0 Å². The van der Waals surface area contributed by atoms with Crippen molar-refractivity contribution >= 4 is 9.84 Å². The number of halogens is 1. The summed E-state index contributed by atoms with van der Waals surface area (Å²) in [5.74, 6) is -0.926. The maximum atomic E-state index is 12.8. The first-order chi connectivity index (χ1) is 9.38. The zero-order valence-electron chi connectivity index (χ0n) is 11.0. The van der Waals surface area contributed by atoms with Crippen molar-refractivity contribution in [3.05, 3.63) is 65.5 Å². The van der Waals surface area contributed by atoms with Crippen LogP contribution in [0.5, 0.6) is 0 Å². The summed E-state index contributed by atoms with van der Waals surface area (Å²) in [4.78, 5) is 0.00469. The molecule has 0 heterocycles. The smallest absolute Gasteiger partial charge is 0.181 e. The van der Waals surface area contributed by atoms with Crippen molar-refractivity contribution in [2.45, 2.75) is 17.9 Å². The van der Waals surface area contributed by atoms with E-state index >= 15 is 0 Å². The lowest BCUT2D eigenvalue weighted by Crippen LogP contribution is -2.14. The molecule has 1 atom stereocenters. The number of hydrogen-bond acceptors (Lipinski definition) is 3. The third-order valence-electron chi connectivity index (χ3n) is 3.01. The average Bonchev–Trinajstić information content (AvgIpc) is 2.39. The Kier molecular flexibility index (Phi) is 4.20. The van der Waals surface area contributed by atoms with E-state index in [0.29, 0.717) is 5.56 Å². The van der Waals surface area contributed by atoms with Crippen LogP contribution in [0, 0.1) is 12.7 Å². The summed E-state index contributed by atoms with van der Waals surface area (Å²) in [7, 11) is -3.65. The Bertz CT molecular complexity index is 676. The Labute approximate surface area is 117 Å². The molecule has 3 nitrogen and oxygen atoms in total. The molecule has 20 heavy (non-hydrogen) atoms. The van der Waals surface area contributed by atoms with Gasteiger partial charge in [0.25, 0.3) is 0 Å². The molecule has 0 radical (unpaired) electrons. The summed E-state index contributed by atoms with van der Waals surface area (Å²) in [5.41, 5.74) is 1.57. The third kappa shape index (κ3) is 3.43. The van der Waals surface area contributed by atoms with Gasteiger partial charge in [0.2, 0.25) is 0 Å². The van der Waals surface area contributed by atoms with Crippen molar-refractivity contribution in [3.63, 3.8) is 0 Å². The first-order valence-electron chi connectivity index (χ1n) is 6.11. The molecule has 0 bridgehead atoms. The number of aliphatic hydroxyl groups is 1. The topological polar surface area (TPSA) is 54.4 Å². The zero-order valence-corrected chi connectivity index (χ0v) is 11.8. The molecule has 1 unspecified atom stereocenters. The fraction of sp³-hybridized carbons (Fsp3) is 0.200. The molecule has 5 heteroatoms. The van der Waals surface area contributed by atoms with E-state index < -0.39 is 27.5 Å². The molecule has 2 aromatic rings. The standard InChI is InChI=1S/C15H15FO3S/c1-11-2-4-12(5-3-11)15(17)10-20(18,19)14-8-6-13(16)7-9-14/h2-9,15,17H,10H2,1H3. The highest BCUT2D eigenvalue weighted by molar-refractivity contribution is 7.91. The molecule has 0 spiro atoms. The monoisotopic (exact) mass is 294 g/mol. The van der Waals surface area contributed by atoms with Gasteiger partial charge in [-0.1, -0.05) is 29.8 Å². The van der Waals surface area contributed by atoms with Crippen molar-refractivity contribution in [2.75, 3.05) is 5.75 Å². The van der Waals surface area contributed by atoms with Crippen LogP contribution >= 0.6 is 0 Å². The van der Waals surface area contributed by atoms with E-state index in [1.54, 1.807) is 12.1 Å². The van der Waals surface area contributed by atoms with Crippen LogP contribution in [0.15, 0.2) is 53.4 Å². The van der Waals surface area contributed by atoms with Gasteiger partial charge in [-0.05, 0) is 36.8 Å². The van der Waals surface area contributed by atoms with Crippen molar-refractivity contribution in [1.29, 1.82) is 0 Å². The predicted molar refractivity (Wildman–Crippen MR) is 74.6 cm³/mol. The number of aryl methyl sites for hydroxylation is 1. The summed E-state index contributed by atoms with van der Waals surface area (Å²) in [6.45, 7) is 1.91. The predicted octanol–water partition coefficient (Wildman–Crippen LogP) is 2.64. The molecule has 2 aromatic carbocycles. The molecule has 0 saturated carbocycles. The van der Waals surface area contributed by atoms with Gasteiger partial charge in [-0.25, -0.2) is 12.8 Å². The van der Waals surface area contributed by atoms with Crippen molar-refractivity contribution in [1.82, 2.24) is 0 Å². The molecule has 2 rings (SSSR count). The van der Waals surface area contributed by atoms with Crippen LogP contribution in [0.25, 0.3) is 0 Å². The van der Waals surface area contributed by atoms with Crippen molar-refractivity contribution in [2.24, 2.45) is 0 Å². The molecular formula is C15H15FO3S. The fourth-order valence-corrected chi connectivity index (χ4v) is 3.18. The lowest BCUT2D eigenvalue weighted by atomic mass is 10.1. The minimum Gasteiger partial charge on any atom is -0.387 e. The molecule has 0 aliphatic carbocycles. The van der Waals surface area contributed by atoms with E-state index in [1.807, 2.05) is 19.1 Å². The van der Waals surface area contributed by atoms with E-state index in [4.69, 9.17) is 0 Å². The normalized spacial score (nSPS) is 13.2. The van der Waals surface area contributed by atoms with Gasteiger partial charge in [0.05, 0.1) is 16.8 Å². The highest BCUT2D eigenvalue weighted by Gasteiger charge is 2.20. The SMILES string of the molecule is Cc1ccc(C(O)CS(=O)(=O)c2ccc(F)cc2)cc1. The summed E-state index contributed by atoms with van der Waals surface area (Å²) >= 11 is 0. The van der Waals surface area contributed by atoms with Crippen LogP contribution in [-0.2, 0) is 9.84 Å². The quantitative estimate of drug-likeness (QED) is 0.882. The lowest BCUT2D eigenvalue weighted by Gasteiger charge is -2.12. The van der Waals surface area contributed by atoms with Gasteiger partial charge in [-0.15, -0.1) is 0 Å². The van der Waals surface area contributed by atoms with Crippen LogP contribution in [0.3, 0.4) is 0 Å². The number of sulfone groups is 1. The largest absolute Gasteiger partial charge is 0.387 e. The molecule has 0 fully saturated rings. The van der Waals surface area contributed by atoms with Gasteiger partial charge >= 0.3 is 0 Å². The molecule has 1 N–H and O–H groups in total. The molecule has 0 aliphatic rings. The highest BCUT2D eigenvalue weighted by atomic mass is 32.2. The summed E-state index contributed by atoms with van der Waals surface area (Å²) in [5, 5.41) is 10.0. The van der Waals surface area contributed by atoms with Crippen molar-refractivity contribution < 1.29 is 17.9 Å². The van der Waals surface area contributed by atoms with E-state index in [0.717, 1.165) is 17.7 Å². The van der Waals surface area contributed by atoms with Gasteiger partial charge in [0.15, 0.2) is 9.84 Å². The fourth-order valence-electron chi connectivity index (χ4n) is 1.83. The van der Waals surface area contributed by atoms with Crippen LogP contribution < -0.4 is 0 Å². The maximum Gasteiger partial charge on any atom is 0.181 e. The zero-order chi connectivity index (χ0) is 14.8. The second-order valence-corrected chi connectivity index (χ2v) is 6.70. The van der Waals surface area contributed by atoms with Gasteiger partial charge in [-0.3, -0.25) is 0 Å². The second-order valence-electron chi connectivity index (χ2n) is 4.66. The molecule has 0 aliphatic heterocycles. The number of hydrogen-bond donors (Lipinski definition) is 1. The minimum absolute atomic E-state index is 0.00469. The van der Waals surface area contributed by atoms with Crippen LogP contribution in [0.2, 0.25) is 0 Å². The summed E-state index contributed by atoms with van der Waals surface area (Å²) in [6, 6.07) is 11.6. The molecular weight excluding hydrogens is 279 g/mol. The van der Waals surface area contributed by atoms with Crippen LogP contribution in [-0.4, -0.2) is 19.3 Å². The molecule has 106 valence electrons. The van der Waals surface area contributed by atoms with Gasteiger partial charge < -0.3 is 5.11 Å². The van der Waals surface area contributed by atoms with E-state index in [2.05, 4.69) is 0 Å². The number of aliphatic hydroxyl groups excluding tert-OH is 1. The second kappa shape index (κ2) is 5.73. The van der Waals surface area contributed by atoms with Crippen LogP contribution in [0.1, 0.15) is 17.2 Å². The Morgan fingerprint density at radius 3 is 2.15 bits per heavy atom. The van der Waals surface area contributed by atoms with Crippen molar-refractivity contribution in [3.8, 4) is 0 Å². The summed E-state index contributed by atoms with van der Waals surface area (Å²) < 4.78 is 37.0. The van der Waals surface area contributed by atoms with Gasteiger partial charge in [0.1, 0.15) is 5.82 Å². The maximum absolute atomic E-state index is 12.8. The Hall–Kier alpha value is -1.72. The highest BCUT2D eigenvalue weighted by Crippen LogP contribution is 2.20. The minimum atomic E-state index is -3.65. The van der Waals surface area contributed by atoms with E-state index in [-0.39, 0.29) is 4.90 Å².